The molecule has 3 aliphatic heterocycles. The van der Waals surface area contributed by atoms with E-state index in [0.29, 0.717) is 12.0 Å². The van der Waals surface area contributed by atoms with Gasteiger partial charge in [-0.1, -0.05) is 19.1 Å². The summed E-state index contributed by atoms with van der Waals surface area (Å²) in [5.74, 6) is -0.312. The van der Waals surface area contributed by atoms with Crippen molar-refractivity contribution in [3.8, 4) is 0 Å². The van der Waals surface area contributed by atoms with E-state index >= 15 is 0 Å². The molecule has 3 atom stereocenters. The van der Waals surface area contributed by atoms with Crippen LogP contribution < -0.4 is 5.32 Å². The highest BCUT2D eigenvalue weighted by Crippen LogP contribution is 2.64. The third-order valence-corrected chi connectivity index (χ3v) is 7.26. The third kappa shape index (κ3) is 1.95. The van der Waals surface area contributed by atoms with Gasteiger partial charge in [0.1, 0.15) is 0 Å². The van der Waals surface area contributed by atoms with Crippen molar-refractivity contribution >= 4 is 17.3 Å². The molecule has 0 radical (unpaired) electrons. The monoisotopic (exact) mass is 381 g/mol. The summed E-state index contributed by atoms with van der Waals surface area (Å²) in [4.78, 5) is 26.4. The second-order valence-electron chi connectivity index (χ2n) is 8.24. The fourth-order valence-corrected chi connectivity index (χ4v) is 6.16. The van der Waals surface area contributed by atoms with Crippen LogP contribution in [-0.2, 0) is 14.9 Å². The average Bonchev–Trinajstić information content (AvgIpc) is 3.27. The Labute approximate surface area is 163 Å². The maximum absolute atomic E-state index is 12.8. The standard InChI is InChI=1S/C21H23N3O4/c1-3-20-7-4-9-23-10-8-21(19(20)23)15-11-13(24(26)27)5-6-16(15)22-17(21)14(12-20)18(25)28-2/h4-7,11,19,22H,3,8-10,12H2,1-2H3/t19-,20-,21-/m0/s1. The molecule has 1 fully saturated rings. The van der Waals surface area contributed by atoms with Crippen LogP contribution in [0.15, 0.2) is 41.6 Å². The van der Waals surface area contributed by atoms with Crippen molar-refractivity contribution in [2.24, 2.45) is 5.41 Å². The first-order valence-corrected chi connectivity index (χ1v) is 9.76. The van der Waals surface area contributed by atoms with E-state index in [0.717, 1.165) is 42.9 Å². The highest BCUT2D eigenvalue weighted by molar-refractivity contribution is 5.93. The topological polar surface area (TPSA) is 84.7 Å². The predicted octanol–water partition coefficient (Wildman–Crippen LogP) is 3.13. The van der Waals surface area contributed by atoms with Gasteiger partial charge in [0, 0.05) is 48.1 Å². The van der Waals surface area contributed by atoms with Gasteiger partial charge in [-0.3, -0.25) is 15.0 Å². The normalized spacial score (nSPS) is 32.4. The summed E-state index contributed by atoms with van der Waals surface area (Å²) in [6, 6.07) is 5.18. The van der Waals surface area contributed by atoms with Crippen LogP contribution in [0.3, 0.4) is 0 Å². The Morgan fingerprint density at radius 2 is 2.29 bits per heavy atom. The van der Waals surface area contributed by atoms with Gasteiger partial charge in [0.15, 0.2) is 0 Å². The molecule has 0 unspecified atom stereocenters. The Bertz CT molecular complexity index is 968. The van der Waals surface area contributed by atoms with Crippen LogP contribution in [0.5, 0.6) is 0 Å². The summed E-state index contributed by atoms with van der Waals surface area (Å²) in [5, 5.41) is 14.9. The number of carbonyl (C=O) groups is 1. The van der Waals surface area contributed by atoms with Crippen LogP contribution in [0.2, 0.25) is 0 Å². The van der Waals surface area contributed by atoms with Gasteiger partial charge in [-0.15, -0.1) is 0 Å². The molecule has 7 nitrogen and oxygen atoms in total. The molecule has 1 spiro atoms. The molecule has 0 saturated carbocycles. The number of non-ortho nitro benzene ring substituents is 1. The number of methoxy groups -OCH3 is 1. The van der Waals surface area contributed by atoms with Crippen molar-refractivity contribution in [2.45, 2.75) is 37.6 Å². The first kappa shape index (κ1) is 17.4. The summed E-state index contributed by atoms with van der Waals surface area (Å²) < 4.78 is 5.15. The molecular weight excluding hydrogens is 358 g/mol. The first-order chi connectivity index (χ1) is 13.5. The van der Waals surface area contributed by atoms with Gasteiger partial charge < -0.3 is 10.1 Å². The van der Waals surface area contributed by atoms with Gasteiger partial charge in [-0.2, -0.15) is 0 Å². The third-order valence-electron chi connectivity index (χ3n) is 7.26. The van der Waals surface area contributed by atoms with E-state index < -0.39 is 5.41 Å². The zero-order valence-corrected chi connectivity index (χ0v) is 16.0. The van der Waals surface area contributed by atoms with Crippen molar-refractivity contribution in [2.75, 3.05) is 25.5 Å². The molecule has 3 heterocycles. The second kappa shape index (κ2) is 5.67. The molecule has 1 saturated heterocycles. The van der Waals surface area contributed by atoms with Crippen LogP contribution in [-0.4, -0.2) is 42.0 Å². The van der Waals surface area contributed by atoms with Crippen molar-refractivity contribution < 1.29 is 14.5 Å². The Morgan fingerprint density at radius 1 is 1.46 bits per heavy atom. The number of anilines is 1. The van der Waals surface area contributed by atoms with E-state index in [4.69, 9.17) is 4.74 Å². The largest absolute Gasteiger partial charge is 0.466 e. The smallest absolute Gasteiger partial charge is 0.335 e. The molecule has 1 N–H and O–H groups in total. The molecule has 146 valence electrons. The number of benzene rings is 1. The number of hydrogen-bond donors (Lipinski definition) is 1. The van der Waals surface area contributed by atoms with Gasteiger partial charge in [-0.05, 0) is 30.9 Å². The summed E-state index contributed by atoms with van der Waals surface area (Å²) in [7, 11) is 1.41. The number of nitro groups is 1. The Balaban J connectivity index is 1.82. The molecule has 1 aliphatic carbocycles. The summed E-state index contributed by atoms with van der Waals surface area (Å²) in [6.07, 6.45) is 6.82. The van der Waals surface area contributed by atoms with Gasteiger partial charge in [-0.25, -0.2) is 4.79 Å². The molecule has 1 aromatic rings. The van der Waals surface area contributed by atoms with Gasteiger partial charge >= 0.3 is 5.97 Å². The molecular formula is C21H23N3O4. The van der Waals surface area contributed by atoms with E-state index in [1.54, 1.807) is 12.1 Å². The molecule has 0 bridgehead atoms. The Morgan fingerprint density at radius 3 is 3.00 bits per heavy atom. The quantitative estimate of drug-likeness (QED) is 0.375. The first-order valence-electron chi connectivity index (χ1n) is 9.76. The van der Waals surface area contributed by atoms with E-state index in [-0.39, 0.29) is 28.0 Å². The van der Waals surface area contributed by atoms with Gasteiger partial charge in [0.05, 0.1) is 23.0 Å². The molecule has 7 heteroatoms. The summed E-state index contributed by atoms with van der Waals surface area (Å²) >= 11 is 0. The fourth-order valence-electron chi connectivity index (χ4n) is 6.16. The van der Waals surface area contributed by atoms with Gasteiger partial charge in [0.2, 0.25) is 0 Å². The van der Waals surface area contributed by atoms with E-state index in [1.165, 1.54) is 13.2 Å². The maximum atomic E-state index is 12.8. The molecule has 0 aromatic heterocycles. The van der Waals surface area contributed by atoms with Gasteiger partial charge in [0.25, 0.3) is 5.69 Å². The number of fused-ring (bicyclic) bond motifs is 1. The number of esters is 1. The minimum atomic E-state index is -0.441. The van der Waals surface area contributed by atoms with Crippen LogP contribution in [0.1, 0.15) is 31.7 Å². The minimum Gasteiger partial charge on any atom is -0.466 e. The van der Waals surface area contributed by atoms with E-state index in [9.17, 15) is 14.9 Å². The highest BCUT2D eigenvalue weighted by atomic mass is 16.6. The molecule has 4 aliphatic rings. The minimum absolute atomic E-state index is 0.0910. The number of hydrogen-bond acceptors (Lipinski definition) is 6. The lowest BCUT2D eigenvalue weighted by Crippen LogP contribution is -2.58. The summed E-state index contributed by atoms with van der Waals surface area (Å²) in [5.41, 5.74) is 2.84. The number of nitro benzene ring substituents is 1. The number of carbonyl (C=O) groups excluding carboxylic acids is 1. The molecule has 28 heavy (non-hydrogen) atoms. The number of nitrogens with one attached hydrogen (secondary N) is 1. The van der Waals surface area contributed by atoms with Crippen LogP contribution in [0, 0.1) is 15.5 Å². The lowest BCUT2D eigenvalue weighted by Gasteiger charge is -2.53. The fraction of sp³-hybridized carbons (Fsp3) is 0.476. The second-order valence-corrected chi connectivity index (χ2v) is 8.24. The lowest BCUT2D eigenvalue weighted by molar-refractivity contribution is -0.384. The molecule has 1 aromatic carbocycles. The van der Waals surface area contributed by atoms with Crippen molar-refractivity contribution in [3.05, 3.63) is 57.3 Å². The Kier molecular flexibility index (Phi) is 3.53. The zero-order chi connectivity index (χ0) is 19.7. The SMILES string of the molecule is CC[C@]12C=CCN3CC[C@]4(C(=C(C(=O)OC)C1)Nc1ccc([N+](=O)[O-])cc14)[C@@H]32. The predicted molar refractivity (Wildman–Crippen MR) is 104 cm³/mol. The Hall–Kier alpha value is -2.67. The van der Waals surface area contributed by atoms with Crippen molar-refractivity contribution in [1.29, 1.82) is 0 Å². The van der Waals surface area contributed by atoms with E-state index in [1.807, 2.05) is 0 Å². The highest BCUT2D eigenvalue weighted by Gasteiger charge is 2.65. The number of nitrogens with zero attached hydrogens (tertiary/aromatic N) is 2. The molecule has 0 amide bonds. The number of ether oxygens (including phenoxy) is 1. The zero-order valence-electron chi connectivity index (χ0n) is 16.0. The van der Waals surface area contributed by atoms with Crippen LogP contribution >= 0.6 is 0 Å². The van der Waals surface area contributed by atoms with Crippen LogP contribution in [0.4, 0.5) is 11.4 Å². The maximum Gasteiger partial charge on any atom is 0.335 e. The summed E-state index contributed by atoms with van der Waals surface area (Å²) in [6.45, 7) is 3.94. The lowest BCUT2D eigenvalue weighted by atomic mass is 9.55. The molecule has 5 rings (SSSR count). The van der Waals surface area contributed by atoms with Crippen molar-refractivity contribution in [1.82, 2.24) is 4.90 Å². The average molecular weight is 381 g/mol. The van der Waals surface area contributed by atoms with E-state index in [2.05, 4.69) is 29.3 Å². The number of rotatable bonds is 3. The van der Waals surface area contributed by atoms with Crippen molar-refractivity contribution in [3.63, 3.8) is 0 Å². The van der Waals surface area contributed by atoms with Crippen LogP contribution in [0.25, 0.3) is 0 Å².